The predicted molar refractivity (Wildman–Crippen MR) is 74.7 cm³/mol. The van der Waals surface area contributed by atoms with E-state index in [1.807, 2.05) is 0 Å². The second-order valence-electron chi connectivity index (χ2n) is 4.62. The molecular weight excluding hydrogens is 278 g/mol. The Hall–Kier alpha value is -2.34. The fourth-order valence-corrected chi connectivity index (χ4v) is 2.08. The van der Waals surface area contributed by atoms with Gasteiger partial charge in [-0.15, -0.1) is 0 Å². The number of hydrogen-bond acceptors (Lipinski definition) is 3. The van der Waals surface area contributed by atoms with E-state index in [-0.39, 0.29) is 17.8 Å². The number of nitro groups is 1. The molecule has 2 aromatic rings. The highest BCUT2D eigenvalue weighted by molar-refractivity contribution is 5.44. The van der Waals surface area contributed by atoms with Gasteiger partial charge in [0.05, 0.1) is 4.92 Å². The van der Waals surface area contributed by atoms with E-state index in [9.17, 15) is 18.9 Å². The molecule has 0 aliphatic carbocycles. The second kappa shape index (κ2) is 6.41. The minimum atomic E-state index is -0.613. The maximum atomic E-state index is 13.5. The first-order valence-corrected chi connectivity index (χ1v) is 6.37. The van der Waals surface area contributed by atoms with E-state index in [0.29, 0.717) is 12.1 Å². The molecule has 6 heteroatoms. The summed E-state index contributed by atoms with van der Waals surface area (Å²) in [6.07, 6.45) is 0. The number of nitro benzene ring substituents is 1. The van der Waals surface area contributed by atoms with Gasteiger partial charge in [0, 0.05) is 30.3 Å². The minimum Gasteiger partial charge on any atom is -0.308 e. The quantitative estimate of drug-likeness (QED) is 0.678. The van der Waals surface area contributed by atoms with Crippen molar-refractivity contribution in [2.24, 2.45) is 0 Å². The Labute approximate surface area is 120 Å². The van der Waals surface area contributed by atoms with Crippen molar-refractivity contribution in [3.63, 3.8) is 0 Å². The average Bonchev–Trinajstić information content (AvgIpc) is 2.43. The largest absolute Gasteiger partial charge is 0.308 e. The fraction of sp³-hybridized carbons (Fsp3) is 0.200. The zero-order chi connectivity index (χ0) is 15.4. The van der Waals surface area contributed by atoms with Crippen molar-refractivity contribution in [3.05, 3.63) is 74.8 Å². The maximum Gasteiger partial charge on any atom is 0.272 e. The van der Waals surface area contributed by atoms with E-state index in [1.165, 1.54) is 24.3 Å². The van der Waals surface area contributed by atoms with E-state index in [2.05, 4.69) is 5.32 Å². The summed E-state index contributed by atoms with van der Waals surface area (Å²) in [7, 11) is 0. The molecule has 4 nitrogen and oxygen atoms in total. The molecule has 0 bridgehead atoms. The van der Waals surface area contributed by atoms with Gasteiger partial charge in [-0.1, -0.05) is 18.2 Å². The van der Waals surface area contributed by atoms with Crippen molar-refractivity contribution in [3.8, 4) is 0 Å². The molecular formula is C15H14F2N2O2. The average molecular weight is 292 g/mol. The van der Waals surface area contributed by atoms with Crippen LogP contribution in [0, 0.1) is 28.7 Å². The highest BCUT2D eigenvalue weighted by atomic mass is 19.1. The molecule has 21 heavy (non-hydrogen) atoms. The van der Waals surface area contributed by atoms with Crippen LogP contribution in [0.1, 0.15) is 16.7 Å². The first-order chi connectivity index (χ1) is 10.0. The van der Waals surface area contributed by atoms with Crippen molar-refractivity contribution in [1.82, 2.24) is 5.32 Å². The Morgan fingerprint density at radius 1 is 1.10 bits per heavy atom. The number of rotatable bonds is 5. The van der Waals surface area contributed by atoms with Crippen molar-refractivity contribution in [2.75, 3.05) is 0 Å². The summed E-state index contributed by atoms with van der Waals surface area (Å²) in [6.45, 7) is 1.96. The Morgan fingerprint density at radius 3 is 2.33 bits per heavy atom. The van der Waals surface area contributed by atoms with Crippen LogP contribution in [0.5, 0.6) is 0 Å². The third-order valence-electron chi connectivity index (χ3n) is 3.29. The van der Waals surface area contributed by atoms with Crippen LogP contribution in [-0.2, 0) is 13.1 Å². The summed E-state index contributed by atoms with van der Waals surface area (Å²) >= 11 is 0. The topological polar surface area (TPSA) is 55.2 Å². The van der Waals surface area contributed by atoms with Crippen LogP contribution in [0.2, 0.25) is 0 Å². The molecule has 0 amide bonds. The zero-order valence-electron chi connectivity index (χ0n) is 11.4. The highest BCUT2D eigenvalue weighted by Gasteiger charge is 2.13. The SMILES string of the molecule is Cc1c(CNCc2c(F)cccc2F)cccc1[N+](=O)[O-]. The van der Waals surface area contributed by atoms with Gasteiger partial charge in [0.25, 0.3) is 5.69 Å². The number of nitrogens with one attached hydrogen (secondary N) is 1. The Balaban J connectivity index is 2.08. The molecule has 0 heterocycles. The van der Waals surface area contributed by atoms with Crippen molar-refractivity contribution in [2.45, 2.75) is 20.0 Å². The number of halogens is 2. The van der Waals surface area contributed by atoms with Crippen LogP contribution in [-0.4, -0.2) is 4.92 Å². The third kappa shape index (κ3) is 3.41. The summed E-state index contributed by atoms with van der Waals surface area (Å²) in [5.41, 5.74) is 1.26. The molecule has 0 radical (unpaired) electrons. The first kappa shape index (κ1) is 15.1. The molecule has 0 saturated carbocycles. The monoisotopic (exact) mass is 292 g/mol. The normalized spacial score (nSPS) is 10.6. The van der Waals surface area contributed by atoms with Gasteiger partial charge in [0.1, 0.15) is 11.6 Å². The van der Waals surface area contributed by atoms with Crippen molar-refractivity contribution < 1.29 is 13.7 Å². The fourth-order valence-electron chi connectivity index (χ4n) is 2.08. The molecule has 0 spiro atoms. The van der Waals surface area contributed by atoms with E-state index < -0.39 is 16.6 Å². The standard InChI is InChI=1S/C15H14F2N2O2/c1-10-11(4-2-7-15(10)19(20)21)8-18-9-12-13(16)5-3-6-14(12)17/h2-7,18H,8-9H2,1H3. The van der Waals surface area contributed by atoms with Crippen LogP contribution in [0.3, 0.4) is 0 Å². The molecule has 110 valence electrons. The Kier molecular flexibility index (Phi) is 4.59. The predicted octanol–water partition coefficient (Wildman–Crippen LogP) is 3.47. The van der Waals surface area contributed by atoms with E-state index >= 15 is 0 Å². The van der Waals surface area contributed by atoms with Crippen molar-refractivity contribution in [1.29, 1.82) is 0 Å². The van der Waals surface area contributed by atoms with E-state index in [4.69, 9.17) is 0 Å². The molecule has 0 aromatic heterocycles. The van der Waals surface area contributed by atoms with Gasteiger partial charge < -0.3 is 5.32 Å². The summed E-state index contributed by atoms with van der Waals surface area (Å²) < 4.78 is 26.9. The second-order valence-corrected chi connectivity index (χ2v) is 4.62. The van der Waals surface area contributed by atoms with Crippen LogP contribution < -0.4 is 5.32 Å². The van der Waals surface area contributed by atoms with Crippen LogP contribution in [0.25, 0.3) is 0 Å². The van der Waals surface area contributed by atoms with Crippen LogP contribution in [0.4, 0.5) is 14.5 Å². The van der Waals surface area contributed by atoms with Crippen molar-refractivity contribution >= 4 is 5.69 Å². The minimum absolute atomic E-state index is 0.0145. The lowest BCUT2D eigenvalue weighted by atomic mass is 10.1. The summed E-state index contributed by atoms with van der Waals surface area (Å²) in [6, 6.07) is 8.45. The highest BCUT2D eigenvalue weighted by Crippen LogP contribution is 2.21. The molecule has 2 aromatic carbocycles. The Morgan fingerprint density at radius 2 is 1.71 bits per heavy atom. The number of nitrogens with zero attached hydrogens (tertiary/aromatic N) is 1. The Bertz CT molecular complexity index is 654. The van der Waals surface area contributed by atoms with Gasteiger partial charge in [-0.3, -0.25) is 10.1 Å². The van der Waals surface area contributed by atoms with Crippen LogP contribution in [0.15, 0.2) is 36.4 Å². The molecule has 1 N–H and O–H groups in total. The van der Waals surface area contributed by atoms with Gasteiger partial charge >= 0.3 is 0 Å². The molecule has 0 atom stereocenters. The van der Waals surface area contributed by atoms with E-state index in [1.54, 1.807) is 19.1 Å². The first-order valence-electron chi connectivity index (χ1n) is 6.37. The summed E-state index contributed by atoms with van der Waals surface area (Å²) in [5.74, 6) is -1.23. The molecule has 2 rings (SSSR count). The lowest BCUT2D eigenvalue weighted by molar-refractivity contribution is -0.385. The van der Waals surface area contributed by atoms with E-state index in [0.717, 1.165) is 5.56 Å². The molecule has 0 unspecified atom stereocenters. The number of benzene rings is 2. The number of hydrogen-bond donors (Lipinski definition) is 1. The molecule has 0 fully saturated rings. The zero-order valence-corrected chi connectivity index (χ0v) is 11.4. The van der Waals surface area contributed by atoms with Gasteiger partial charge in [0.15, 0.2) is 0 Å². The molecule has 0 aliphatic heterocycles. The lowest BCUT2D eigenvalue weighted by Gasteiger charge is -2.09. The summed E-state index contributed by atoms with van der Waals surface area (Å²) in [4.78, 5) is 10.4. The molecule has 0 aliphatic rings. The third-order valence-corrected chi connectivity index (χ3v) is 3.29. The molecule has 0 saturated heterocycles. The summed E-state index contributed by atoms with van der Waals surface area (Å²) in [5, 5.41) is 13.7. The van der Waals surface area contributed by atoms with Gasteiger partial charge in [-0.25, -0.2) is 8.78 Å². The smallest absolute Gasteiger partial charge is 0.272 e. The lowest BCUT2D eigenvalue weighted by Crippen LogP contribution is -2.16. The van der Waals surface area contributed by atoms with Gasteiger partial charge in [0.2, 0.25) is 0 Å². The van der Waals surface area contributed by atoms with Crippen LogP contribution >= 0.6 is 0 Å². The maximum absolute atomic E-state index is 13.5. The van der Waals surface area contributed by atoms with Gasteiger partial charge in [-0.2, -0.15) is 0 Å². The van der Waals surface area contributed by atoms with Gasteiger partial charge in [-0.05, 0) is 24.6 Å².